The number of carbonyl (C=O) groups is 2. The Hall–Kier alpha value is -2.78. The summed E-state index contributed by atoms with van der Waals surface area (Å²) in [4.78, 5) is 24.6. The maximum absolute atomic E-state index is 13.0. The van der Waals surface area contributed by atoms with E-state index in [1.54, 1.807) is 12.1 Å². The first kappa shape index (κ1) is 21.9. The average molecular weight is 436 g/mol. The van der Waals surface area contributed by atoms with E-state index in [0.29, 0.717) is 18.6 Å². The summed E-state index contributed by atoms with van der Waals surface area (Å²) in [6.07, 6.45) is 0.117. The van der Waals surface area contributed by atoms with Crippen molar-refractivity contribution in [2.75, 3.05) is 6.61 Å². The largest absolute Gasteiger partial charge is 0.454 e. The van der Waals surface area contributed by atoms with Crippen molar-refractivity contribution in [2.45, 2.75) is 37.9 Å². The van der Waals surface area contributed by atoms with Crippen LogP contribution in [0.2, 0.25) is 0 Å². The molecule has 0 N–H and O–H groups in total. The quantitative estimate of drug-likeness (QED) is 0.374. The smallest absolute Gasteiger partial charge is 0.324 e. The number of carbonyl (C=O) groups excluding carboxylic acids is 2. The number of benzene rings is 2. The second kappa shape index (κ2) is 8.53. The predicted octanol–water partition coefficient (Wildman–Crippen LogP) is 3.02. The zero-order valence-corrected chi connectivity index (χ0v) is 17.3. The summed E-state index contributed by atoms with van der Waals surface area (Å²) in [5.74, 6) is -1.60. The molecule has 160 valence electrons. The third kappa shape index (κ3) is 4.68. The fourth-order valence-corrected chi connectivity index (χ4v) is 3.80. The number of ketones is 1. The van der Waals surface area contributed by atoms with Crippen LogP contribution < -0.4 is 4.74 Å². The Labute approximate surface area is 173 Å². The van der Waals surface area contributed by atoms with Crippen LogP contribution in [-0.4, -0.2) is 33.1 Å². The van der Waals surface area contributed by atoms with Crippen molar-refractivity contribution in [3.63, 3.8) is 0 Å². The lowest BCUT2D eigenvalue weighted by molar-refractivity contribution is -0.180. The zero-order chi connectivity index (χ0) is 21.9. The molecule has 0 aromatic heterocycles. The molecule has 0 radical (unpaired) electrons. The van der Waals surface area contributed by atoms with Gasteiger partial charge in [-0.15, -0.1) is 0 Å². The number of Topliss-reactive ketones (excluding diaryl/α,β-unsaturated/α-hetero) is 1. The van der Waals surface area contributed by atoms with E-state index in [4.69, 9.17) is 13.7 Å². The molecule has 1 aliphatic rings. The first-order valence-electron chi connectivity index (χ1n) is 9.23. The SMILES string of the molecule is CC(=O)C(C)(COS(=O)(=O)c1ccc(F)cc1)C(=O)OC1CCc2ccccc2O1. The Kier molecular flexibility index (Phi) is 6.23. The van der Waals surface area contributed by atoms with Crippen LogP contribution in [0.15, 0.2) is 53.4 Å². The van der Waals surface area contributed by atoms with Crippen LogP contribution in [-0.2, 0) is 35.0 Å². The number of hydrogen-bond donors (Lipinski definition) is 0. The molecule has 7 nitrogen and oxygen atoms in total. The van der Waals surface area contributed by atoms with Crippen molar-refractivity contribution < 1.29 is 36.1 Å². The van der Waals surface area contributed by atoms with E-state index in [0.717, 1.165) is 36.8 Å². The van der Waals surface area contributed by atoms with E-state index in [1.165, 1.54) is 6.92 Å². The number of halogens is 1. The highest BCUT2D eigenvalue weighted by molar-refractivity contribution is 7.86. The van der Waals surface area contributed by atoms with Gasteiger partial charge in [-0.05, 0) is 56.2 Å². The molecule has 0 bridgehead atoms. The molecule has 0 saturated carbocycles. The Morgan fingerprint density at radius 2 is 1.83 bits per heavy atom. The van der Waals surface area contributed by atoms with Gasteiger partial charge in [-0.25, -0.2) is 4.39 Å². The second-order valence-electron chi connectivity index (χ2n) is 7.16. The van der Waals surface area contributed by atoms with Crippen LogP contribution in [0, 0.1) is 11.2 Å². The molecule has 30 heavy (non-hydrogen) atoms. The Balaban J connectivity index is 1.70. The molecular formula is C21H21FO7S. The highest BCUT2D eigenvalue weighted by Crippen LogP contribution is 2.30. The first-order chi connectivity index (χ1) is 14.1. The van der Waals surface area contributed by atoms with Crippen LogP contribution >= 0.6 is 0 Å². The number of rotatable bonds is 7. The third-order valence-corrected chi connectivity index (χ3v) is 6.23. The molecule has 3 rings (SSSR count). The average Bonchev–Trinajstić information content (AvgIpc) is 2.72. The van der Waals surface area contributed by atoms with Crippen molar-refractivity contribution in [3.8, 4) is 5.75 Å². The van der Waals surface area contributed by atoms with Gasteiger partial charge < -0.3 is 9.47 Å². The van der Waals surface area contributed by atoms with Gasteiger partial charge in [0.05, 0.1) is 11.5 Å². The van der Waals surface area contributed by atoms with Gasteiger partial charge in [-0.3, -0.25) is 13.8 Å². The molecule has 0 aliphatic carbocycles. The van der Waals surface area contributed by atoms with Crippen molar-refractivity contribution in [3.05, 3.63) is 59.9 Å². The summed E-state index contributed by atoms with van der Waals surface area (Å²) in [6.45, 7) is 1.63. The van der Waals surface area contributed by atoms with Gasteiger partial charge >= 0.3 is 5.97 Å². The monoisotopic (exact) mass is 436 g/mol. The van der Waals surface area contributed by atoms with Crippen molar-refractivity contribution in [2.24, 2.45) is 5.41 Å². The fourth-order valence-electron chi connectivity index (χ4n) is 2.80. The van der Waals surface area contributed by atoms with E-state index in [2.05, 4.69) is 0 Å². The highest BCUT2D eigenvalue weighted by Gasteiger charge is 2.43. The maximum Gasteiger partial charge on any atom is 0.324 e. The second-order valence-corrected chi connectivity index (χ2v) is 8.77. The maximum atomic E-state index is 13.0. The summed E-state index contributed by atoms with van der Waals surface area (Å²) in [6, 6.07) is 11.3. The van der Waals surface area contributed by atoms with Gasteiger partial charge in [-0.1, -0.05) is 18.2 Å². The minimum absolute atomic E-state index is 0.296. The van der Waals surface area contributed by atoms with Gasteiger partial charge in [-0.2, -0.15) is 8.42 Å². The van der Waals surface area contributed by atoms with E-state index >= 15 is 0 Å². The summed E-state index contributed by atoms with van der Waals surface area (Å²) >= 11 is 0. The fraction of sp³-hybridized carbons (Fsp3) is 0.333. The molecule has 0 fully saturated rings. The predicted molar refractivity (Wildman–Crippen MR) is 104 cm³/mol. The molecule has 9 heteroatoms. The van der Waals surface area contributed by atoms with Gasteiger partial charge in [0.25, 0.3) is 10.1 Å². The van der Waals surface area contributed by atoms with Crippen molar-refractivity contribution in [1.29, 1.82) is 0 Å². The van der Waals surface area contributed by atoms with Crippen molar-refractivity contribution >= 4 is 21.9 Å². The lowest BCUT2D eigenvalue weighted by atomic mass is 9.87. The summed E-state index contributed by atoms with van der Waals surface area (Å²) < 4.78 is 53.6. The minimum Gasteiger partial charge on any atom is -0.454 e. The Bertz CT molecular complexity index is 1050. The van der Waals surface area contributed by atoms with Gasteiger partial charge in [0.2, 0.25) is 6.29 Å². The van der Waals surface area contributed by atoms with Crippen LogP contribution in [0.5, 0.6) is 5.75 Å². The lowest BCUT2D eigenvalue weighted by Gasteiger charge is -2.30. The van der Waals surface area contributed by atoms with Crippen LogP contribution in [0.25, 0.3) is 0 Å². The van der Waals surface area contributed by atoms with Crippen molar-refractivity contribution in [1.82, 2.24) is 0 Å². The molecule has 0 saturated heterocycles. The Morgan fingerprint density at radius 1 is 1.17 bits per heavy atom. The molecule has 1 heterocycles. The molecule has 2 unspecified atom stereocenters. The number of esters is 1. The molecule has 2 atom stereocenters. The molecule has 1 aliphatic heterocycles. The number of para-hydroxylation sites is 1. The first-order valence-corrected chi connectivity index (χ1v) is 10.6. The number of hydrogen-bond acceptors (Lipinski definition) is 7. The van der Waals surface area contributed by atoms with E-state index in [1.807, 2.05) is 12.1 Å². The summed E-state index contributed by atoms with van der Waals surface area (Å²) in [5.41, 5.74) is -0.888. The van der Waals surface area contributed by atoms with Gasteiger partial charge in [0.1, 0.15) is 22.8 Å². The lowest BCUT2D eigenvalue weighted by Crippen LogP contribution is -2.44. The standard InChI is InChI=1S/C21H21FO7S/c1-14(23)21(2,13-27-30(25,26)17-10-8-16(22)9-11-17)20(24)29-19-12-7-15-5-3-4-6-18(15)28-19/h3-6,8-11,19H,7,12-13H2,1-2H3. The molecule has 2 aromatic rings. The summed E-state index contributed by atoms with van der Waals surface area (Å²) in [7, 11) is -4.31. The molecule has 0 amide bonds. The number of fused-ring (bicyclic) bond motifs is 1. The van der Waals surface area contributed by atoms with Gasteiger partial charge in [0.15, 0.2) is 0 Å². The van der Waals surface area contributed by atoms with Crippen LogP contribution in [0.3, 0.4) is 0 Å². The number of ether oxygens (including phenoxy) is 2. The van der Waals surface area contributed by atoms with Crippen LogP contribution in [0.4, 0.5) is 4.39 Å². The van der Waals surface area contributed by atoms with Gasteiger partial charge in [0, 0.05) is 6.42 Å². The minimum atomic E-state index is -4.31. The molecule has 2 aromatic carbocycles. The normalized spacial score (nSPS) is 17.9. The molecule has 0 spiro atoms. The summed E-state index contributed by atoms with van der Waals surface area (Å²) in [5, 5.41) is 0. The zero-order valence-electron chi connectivity index (χ0n) is 16.5. The van der Waals surface area contributed by atoms with E-state index < -0.39 is 46.0 Å². The third-order valence-electron chi connectivity index (χ3n) is 4.95. The molecular weight excluding hydrogens is 415 g/mol. The highest BCUT2D eigenvalue weighted by atomic mass is 32.2. The number of aryl methyl sites for hydroxylation is 1. The topological polar surface area (TPSA) is 96.0 Å². The van der Waals surface area contributed by atoms with Crippen LogP contribution in [0.1, 0.15) is 25.8 Å². The van der Waals surface area contributed by atoms with E-state index in [9.17, 15) is 22.4 Å². The Morgan fingerprint density at radius 3 is 2.50 bits per heavy atom. The van der Waals surface area contributed by atoms with E-state index in [-0.39, 0.29) is 4.90 Å².